The second-order valence-corrected chi connectivity index (χ2v) is 10.2. The van der Waals surface area contributed by atoms with E-state index in [0.29, 0.717) is 19.0 Å². The summed E-state index contributed by atoms with van der Waals surface area (Å²) in [5.74, 6) is 0.575. The van der Waals surface area contributed by atoms with Crippen molar-refractivity contribution in [3.8, 4) is 0 Å². The summed E-state index contributed by atoms with van der Waals surface area (Å²) in [6.45, 7) is 8.88. The molecule has 0 aliphatic carbocycles. The molecule has 2 rings (SSSR count). The van der Waals surface area contributed by atoms with Crippen molar-refractivity contribution >= 4 is 20.0 Å². The molecular formula is C19H20F6N2O6S2. The molecule has 0 amide bonds. The number of benzene rings is 1. The summed E-state index contributed by atoms with van der Waals surface area (Å²) in [5, 5.41) is 0. The number of sulfonamides is 2. The van der Waals surface area contributed by atoms with Crippen LogP contribution in [0.1, 0.15) is 16.7 Å². The average Bonchev–Trinajstić information content (AvgIpc) is 2.69. The van der Waals surface area contributed by atoms with Crippen molar-refractivity contribution < 1.29 is 57.5 Å². The number of ether oxygens (including phenoxy) is 1. The number of aromatic nitrogens is 1. The fraction of sp³-hybridized carbons (Fsp3) is 0.316. The van der Waals surface area contributed by atoms with Crippen LogP contribution in [0.4, 0.5) is 26.3 Å². The lowest BCUT2D eigenvalue weighted by Gasteiger charge is -2.22. The molecule has 0 radical (unpaired) electrons. The van der Waals surface area contributed by atoms with Crippen molar-refractivity contribution in [3.63, 3.8) is 0 Å². The summed E-state index contributed by atoms with van der Waals surface area (Å²) in [6.07, 6.45) is 3.70. The van der Waals surface area contributed by atoms with E-state index in [0.717, 1.165) is 9.69 Å². The normalized spacial score (nSPS) is 12.5. The Morgan fingerprint density at radius 2 is 1.29 bits per heavy atom. The summed E-state index contributed by atoms with van der Waals surface area (Å²) in [6, 6.07) is 12.2. The van der Waals surface area contributed by atoms with Crippen molar-refractivity contribution in [2.45, 2.75) is 31.5 Å². The first-order valence-corrected chi connectivity index (χ1v) is 12.1. The predicted molar refractivity (Wildman–Crippen MR) is 111 cm³/mol. The molecule has 0 saturated carbocycles. The highest BCUT2D eigenvalue weighted by Crippen LogP contribution is 2.36. The molecule has 1 heterocycles. The SMILES string of the molecule is C=C(COCc1ccc(C)cc1)O[n+]1ccc(C)cc1.O=S(=O)([N-]S(=O)(=O)C(F)(F)F)C(F)(F)F. The van der Waals surface area contributed by atoms with Gasteiger partial charge in [-0.1, -0.05) is 36.4 Å². The minimum atomic E-state index is -6.72. The maximum absolute atomic E-state index is 11.4. The zero-order valence-corrected chi connectivity index (χ0v) is 19.8. The molecule has 0 saturated heterocycles. The Hall–Kier alpha value is -2.69. The first-order chi connectivity index (χ1) is 15.8. The van der Waals surface area contributed by atoms with Gasteiger partial charge in [0.15, 0.2) is 25.8 Å². The Morgan fingerprint density at radius 1 is 0.857 bits per heavy atom. The van der Waals surface area contributed by atoms with Crippen molar-refractivity contribution in [3.05, 3.63) is 81.9 Å². The molecule has 0 unspecified atom stereocenters. The smallest absolute Gasteiger partial charge is 0.421 e. The molecule has 1 aromatic heterocycles. The van der Waals surface area contributed by atoms with Crippen LogP contribution in [0.5, 0.6) is 0 Å². The molecule has 8 nitrogen and oxygen atoms in total. The molecule has 16 heteroatoms. The molecule has 0 bridgehead atoms. The highest BCUT2D eigenvalue weighted by molar-refractivity contribution is 8.13. The molecule has 0 atom stereocenters. The summed E-state index contributed by atoms with van der Waals surface area (Å²) in [7, 11) is -13.4. The maximum atomic E-state index is 11.4. The Morgan fingerprint density at radius 3 is 1.71 bits per heavy atom. The van der Waals surface area contributed by atoms with Crippen LogP contribution in [0, 0.1) is 13.8 Å². The van der Waals surface area contributed by atoms with Gasteiger partial charge in [-0.2, -0.15) is 26.3 Å². The van der Waals surface area contributed by atoms with Gasteiger partial charge in [-0.3, -0.25) is 0 Å². The van der Waals surface area contributed by atoms with Crippen LogP contribution in [0.25, 0.3) is 4.13 Å². The summed E-state index contributed by atoms with van der Waals surface area (Å²) in [5.41, 5.74) is -8.83. The van der Waals surface area contributed by atoms with Crippen molar-refractivity contribution in [1.82, 2.24) is 0 Å². The lowest BCUT2D eigenvalue weighted by molar-refractivity contribution is -0.880. The van der Waals surface area contributed by atoms with Crippen LogP contribution in [0.3, 0.4) is 0 Å². The molecule has 1 aromatic carbocycles. The van der Waals surface area contributed by atoms with E-state index in [9.17, 15) is 43.2 Å². The van der Waals surface area contributed by atoms with Gasteiger partial charge in [-0.05, 0) is 25.0 Å². The lowest BCUT2D eigenvalue weighted by atomic mass is 10.2. The van der Waals surface area contributed by atoms with E-state index in [1.807, 2.05) is 31.5 Å². The van der Waals surface area contributed by atoms with Gasteiger partial charge in [-0.15, -0.1) is 0 Å². The molecule has 35 heavy (non-hydrogen) atoms. The van der Waals surface area contributed by atoms with Crippen LogP contribution in [0.15, 0.2) is 61.1 Å². The highest BCUT2D eigenvalue weighted by Gasteiger charge is 2.46. The van der Waals surface area contributed by atoms with E-state index in [4.69, 9.17) is 9.57 Å². The zero-order chi connectivity index (χ0) is 27.1. The average molecular weight is 550 g/mol. The topological polar surface area (TPSA) is 105 Å². The fourth-order valence-corrected chi connectivity index (χ4v) is 3.61. The minimum absolute atomic E-state index is 0.370. The van der Waals surface area contributed by atoms with Crippen LogP contribution in [-0.4, -0.2) is 34.5 Å². The first kappa shape index (κ1) is 30.3. The number of hydrogen-bond acceptors (Lipinski definition) is 6. The Labute approximate surface area is 197 Å². The van der Waals surface area contributed by atoms with E-state index in [1.165, 1.54) is 11.1 Å². The van der Waals surface area contributed by atoms with Gasteiger partial charge in [0, 0.05) is 16.9 Å². The number of nitrogens with zero attached hydrogens (tertiary/aromatic N) is 2. The fourth-order valence-electron chi connectivity index (χ4n) is 1.90. The third kappa shape index (κ3) is 10.2. The molecule has 0 aliphatic rings. The van der Waals surface area contributed by atoms with Crippen molar-refractivity contribution in [2.24, 2.45) is 0 Å². The number of hydrogen-bond donors (Lipinski definition) is 0. The standard InChI is InChI=1S/C17H20NO2.C2F6NO4S2/c1-14-4-6-17(7-5-14)13-19-12-16(3)20-18-10-8-15(2)9-11-18;3-1(4,5)14(10,11)9-15(12,13)2(6,7)8/h4-11H,3,12-13H2,1-2H3;/q+1;-1. The van der Waals surface area contributed by atoms with E-state index < -0.39 is 31.1 Å². The quantitative estimate of drug-likeness (QED) is 0.281. The summed E-state index contributed by atoms with van der Waals surface area (Å²) < 4.78 is 116. The third-order valence-electron chi connectivity index (χ3n) is 3.64. The second kappa shape index (κ2) is 11.8. The Kier molecular flexibility index (Phi) is 10.3. The largest absolute Gasteiger partial charge is 0.480 e. The van der Waals surface area contributed by atoms with Gasteiger partial charge in [0.1, 0.15) is 6.61 Å². The number of alkyl halides is 6. The van der Waals surface area contributed by atoms with Crippen LogP contribution in [-0.2, 0) is 31.4 Å². The van der Waals surface area contributed by atoms with Gasteiger partial charge >= 0.3 is 11.0 Å². The third-order valence-corrected chi connectivity index (χ3v) is 6.38. The number of halogens is 6. The number of rotatable bonds is 8. The number of pyridine rings is 1. The molecule has 196 valence electrons. The number of aryl methyl sites for hydroxylation is 2. The summed E-state index contributed by atoms with van der Waals surface area (Å²) >= 11 is 0. The molecule has 0 aliphatic heterocycles. The van der Waals surface area contributed by atoms with Crippen molar-refractivity contribution in [1.29, 1.82) is 0 Å². The van der Waals surface area contributed by atoms with Gasteiger partial charge < -0.3 is 8.86 Å². The van der Waals surface area contributed by atoms with Crippen molar-refractivity contribution in [2.75, 3.05) is 6.61 Å². The monoisotopic (exact) mass is 550 g/mol. The van der Waals surface area contributed by atoms with Crippen LogP contribution < -0.4 is 9.57 Å². The zero-order valence-electron chi connectivity index (χ0n) is 18.2. The van der Waals surface area contributed by atoms with E-state index in [-0.39, 0.29) is 0 Å². The predicted octanol–water partition coefficient (Wildman–Crippen LogP) is 3.81. The van der Waals surface area contributed by atoms with Crippen LogP contribution >= 0.6 is 0 Å². The minimum Gasteiger partial charge on any atom is -0.421 e. The van der Waals surface area contributed by atoms with Gasteiger partial charge in [-0.25, -0.2) is 21.7 Å². The maximum Gasteiger partial charge on any atom is 0.480 e. The second-order valence-electron chi connectivity index (χ2n) is 6.76. The summed E-state index contributed by atoms with van der Waals surface area (Å²) in [4.78, 5) is 5.52. The van der Waals surface area contributed by atoms with E-state index in [1.54, 1.807) is 4.73 Å². The lowest BCUT2D eigenvalue weighted by Crippen LogP contribution is -2.41. The molecule has 0 fully saturated rings. The van der Waals surface area contributed by atoms with E-state index in [2.05, 4.69) is 37.8 Å². The van der Waals surface area contributed by atoms with Gasteiger partial charge in [0.25, 0.3) is 0 Å². The molecule has 2 aromatic rings. The van der Waals surface area contributed by atoms with Gasteiger partial charge in [0.05, 0.1) is 6.61 Å². The highest BCUT2D eigenvalue weighted by atomic mass is 32.3. The van der Waals surface area contributed by atoms with Crippen LogP contribution in [0.2, 0.25) is 0 Å². The molecule has 0 spiro atoms. The Bertz CT molecular complexity index is 1150. The first-order valence-electron chi connectivity index (χ1n) is 9.18. The van der Waals surface area contributed by atoms with Gasteiger partial charge in [0.2, 0.25) is 12.4 Å². The van der Waals surface area contributed by atoms with E-state index >= 15 is 0 Å². The molecule has 0 N–H and O–H groups in total. The Balaban J connectivity index is 0.000000367. The molecular weight excluding hydrogens is 530 g/mol.